The molecule has 1 N–H and O–H groups in total. The molecule has 0 heterocycles. The molecule has 0 saturated carbocycles. The van der Waals surface area contributed by atoms with E-state index in [1.807, 2.05) is 13.8 Å². The third-order valence-electron chi connectivity index (χ3n) is 5.29. The van der Waals surface area contributed by atoms with Crippen LogP contribution in [0, 0.1) is 0 Å². The molecule has 0 fully saturated rings. The fourth-order valence-corrected chi connectivity index (χ4v) is 4.49. The van der Waals surface area contributed by atoms with E-state index in [2.05, 4.69) is 5.32 Å². The maximum Gasteiger partial charge on any atom is 0.243 e. The SMILES string of the molecule is CC[C@@H](C)NC(=O)[C@H](C)N(Cc1cccc(Cl)c1)C(=O)CN(C)S(=O)(=O)c1ccc(Cl)cc1. The lowest BCUT2D eigenvalue weighted by atomic mass is 10.1. The highest BCUT2D eigenvalue weighted by Crippen LogP contribution is 2.19. The molecule has 2 rings (SSSR count). The van der Waals surface area contributed by atoms with Gasteiger partial charge in [0.1, 0.15) is 6.04 Å². The maximum absolute atomic E-state index is 13.3. The fourth-order valence-electron chi connectivity index (χ4n) is 3.03. The lowest BCUT2D eigenvalue weighted by Gasteiger charge is -2.31. The molecule has 7 nitrogen and oxygen atoms in total. The van der Waals surface area contributed by atoms with E-state index in [9.17, 15) is 18.0 Å². The molecule has 0 bridgehead atoms. The molecule has 0 aromatic heterocycles. The first-order chi connectivity index (χ1) is 15.4. The zero-order valence-corrected chi connectivity index (χ0v) is 21.4. The van der Waals surface area contributed by atoms with Crippen LogP contribution in [-0.2, 0) is 26.2 Å². The van der Waals surface area contributed by atoms with Gasteiger partial charge in [-0.15, -0.1) is 0 Å². The van der Waals surface area contributed by atoms with E-state index < -0.39 is 28.5 Å². The van der Waals surface area contributed by atoms with Crippen molar-refractivity contribution in [1.29, 1.82) is 0 Å². The Morgan fingerprint density at radius 1 is 1.03 bits per heavy atom. The van der Waals surface area contributed by atoms with Gasteiger partial charge >= 0.3 is 0 Å². The second kappa shape index (κ2) is 11.8. The largest absolute Gasteiger partial charge is 0.352 e. The van der Waals surface area contributed by atoms with Crippen molar-refractivity contribution in [3.63, 3.8) is 0 Å². The van der Waals surface area contributed by atoms with E-state index in [0.717, 1.165) is 16.3 Å². The summed E-state index contributed by atoms with van der Waals surface area (Å²) >= 11 is 11.9. The van der Waals surface area contributed by atoms with Gasteiger partial charge in [-0.05, 0) is 62.2 Å². The summed E-state index contributed by atoms with van der Waals surface area (Å²) in [5, 5.41) is 3.78. The molecule has 0 aliphatic rings. The lowest BCUT2D eigenvalue weighted by molar-refractivity contribution is -0.140. The molecule has 0 unspecified atom stereocenters. The first-order valence-electron chi connectivity index (χ1n) is 10.5. The fraction of sp³-hybridized carbons (Fsp3) is 0.391. The minimum absolute atomic E-state index is 0.0196. The van der Waals surface area contributed by atoms with E-state index >= 15 is 0 Å². The zero-order valence-electron chi connectivity index (χ0n) is 19.1. The first-order valence-corrected chi connectivity index (χ1v) is 12.7. The lowest BCUT2D eigenvalue weighted by Crippen LogP contribution is -2.51. The van der Waals surface area contributed by atoms with Crippen LogP contribution in [0.1, 0.15) is 32.8 Å². The Morgan fingerprint density at radius 2 is 1.67 bits per heavy atom. The number of benzene rings is 2. The number of rotatable bonds is 10. The van der Waals surface area contributed by atoms with E-state index in [1.165, 1.54) is 36.2 Å². The molecule has 0 spiro atoms. The molecular weight excluding hydrogens is 485 g/mol. The van der Waals surface area contributed by atoms with Crippen molar-refractivity contribution < 1.29 is 18.0 Å². The van der Waals surface area contributed by atoms with Crippen LogP contribution < -0.4 is 5.32 Å². The van der Waals surface area contributed by atoms with Gasteiger partial charge in [0.15, 0.2) is 0 Å². The van der Waals surface area contributed by atoms with E-state index in [-0.39, 0.29) is 23.4 Å². The molecule has 10 heteroatoms. The van der Waals surface area contributed by atoms with Gasteiger partial charge in [0.05, 0.1) is 11.4 Å². The molecule has 180 valence electrons. The summed E-state index contributed by atoms with van der Waals surface area (Å²) in [4.78, 5) is 27.4. The summed E-state index contributed by atoms with van der Waals surface area (Å²) in [5.74, 6) is -0.829. The van der Waals surface area contributed by atoms with E-state index in [4.69, 9.17) is 23.2 Å². The second-order valence-electron chi connectivity index (χ2n) is 7.86. The summed E-state index contributed by atoms with van der Waals surface area (Å²) in [6.07, 6.45) is 0.739. The maximum atomic E-state index is 13.3. The van der Waals surface area contributed by atoms with Crippen LogP contribution >= 0.6 is 23.2 Å². The summed E-state index contributed by atoms with van der Waals surface area (Å²) in [6, 6.07) is 11.8. The zero-order chi connectivity index (χ0) is 24.8. The smallest absolute Gasteiger partial charge is 0.243 e. The number of nitrogens with zero attached hydrogens (tertiary/aromatic N) is 2. The van der Waals surface area contributed by atoms with Crippen LogP contribution in [0.25, 0.3) is 0 Å². The topological polar surface area (TPSA) is 86.8 Å². The molecule has 2 amide bonds. The number of amides is 2. The van der Waals surface area contributed by atoms with Crippen LogP contribution in [0.15, 0.2) is 53.4 Å². The van der Waals surface area contributed by atoms with Gasteiger partial charge in [0.2, 0.25) is 21.8 Å². The summed E-state index contributed by atoms with van der Waals surface area (Å²) < 4.78 is 26.8. The predicted octanol–water partition coefficient (Wildman–Crippen LogP) is 3.95. The highest BCUT2D eigenvalue weighted by Gasteiger charge is 2.30. The molecule has 0 aliphatic heterocycles. The minimum Gasteiger partial charge on any atom is -0.352 e. The number of halogens is 2. The van der Waals surface area contributed by atoms with Crippen LogP contribution in [0.3, 0.4) is 0 Å². The van der Waals surface area contributed by atoms with Gasteiger partial charge in [-0.2, -0.15) is 4.31 Å². The van der Waals surface area contributed by atoms with Crippen LogP contribution in [-0.4, -0.2) is 55.1 Å². The Balaban J connectivity index is 2.27. The van der Waals surface area contributed by atoms with Crippen molar-refractivity contribution >= 4 is 45.0 Å². The number of likely N-dealkylation sites (N-methyl/N-ethyl adjacent to an activating group) is 1. The Hall–Kier alpha value is -2.13. The van der Waals surface area contributed by atoms with Crippen molar-refractivity contribution in [2.24, 2.45) is 0 Å². The quantitative estimate of drug-likeness (QED) is 0.521. The first kappa shape index (κ1) is 27.1. The summed E-state index contributed by atoms with van der Waals surface area (Å²) in [7, 11) is -2.60. The van der Waals surface area contributed by atoms with Crippen molar-refractivity contribution in [2.45, 2.75) is 50.7 Å². The second-order valence-corrected chi connectivity index (χ2v) is 10.8. The Bertz CT molecular complexity index is 1080. The van der Waals surface area contributed by atoms with Crippen molar-refractivity contribution in [3.8, 4) is 0 Å². The molecule has 2 atom stereocenters. The molecular formula is C23H29Cl2N3O4S. The van der Waals surface area contributed by atoms with Crippen LogP contribution in [0.2, 0.25) is 10.0 Å². The van der Waals surface area contributed by atoms with Crippen LogP contribution in [0.4, 0.5) is 0 Å². The summed E-state index contributed by atoms with van der Waals surface area (Å²) in [6.45, 7) is 5.10. The van der Waals surface area contributed by atoms with Gasteiger partial charge in [-0.25, -0.2) is 8.42 Å². The van der Waals surface area contributed by atoms with Gasteiger partial charge in [-0.3, -0.25) is 9.59 Å². The van der Waals surface area contributed by atoms with Crippen molar-refractivity contribution in [3.05, 3.63) is 64.1 Å². The van der Waals surface area contributed by atoms with Crippen molar-refractivity contribution in [1.82, 2.24) is 14.5 Å². The molecule has 0 radical (unpaired) electrons. The normalized spacial score (nSPS) is 13.4. The van der Waals surface area contributed by atoms with E-state index in [0.29, 0.717) is 10.0 Å². The highest BCUT2D eigenvalue weighted by atomic mass is 35.5. The van der Waals surface area contributed by atoms with Crippen molar-refractivity contribution in [2.75, 3.05) is 13.6 Å². The van der Waals surface area contributed by atoms with Gasteiger partial charge < -0.3 is 10.2 Å². The number of hydrogen-bond donors (Lipinski definition) is 1. The number of carbonyl (C=O) groups excluding carboxylic acids is 2. The number of hydrogen-bond acceptors (Lipinski definition) is 4. The monoisotopic (exact) mass is 513 g/mol. The molecule has 2 aromatic rings. The van der Waals surface area contributed by atoms with E-state index in [1.54, 1.807) is 31.2 Å². The van der Waals surface area contributed by atoms with Gasteiger partial charge in [0, 0.05) is 29.7 Å². The number of carbonyl (C=O) groups is 2. The summed E-state index contributed by atoms with van der Waals surface area (Å²) in [5.41, 5.74) is 0.724. The molecule has 0 saturated heterocycles. The number of nitrogens with one attached hydrogen (secondary N) is 1. The minimum atomic E-state index is -3.93. The average Bonchev–Trinajstić information content (AvgIpc) is 2.77. The standard InChI is InChI=1S/C23H29Cl2N3O4S/c1-5-16(2)26-23(30)17(3)28(14-18-7-6-8-20(25)13-18)22(29)15-27(4)33(31,32)21-11-9-19(24)10-12-21/h6-13,16-17H,5,14-15H2,1-4H3,(H,26,30)/t16-,17+/m1/s1. The molecule has 2 aromatic carbocycles. The Labute approximate surface area is 205 Å². The Kier molecular flexibility index (Phi) is 9.72. The van der Waals surface area contributed by atoms with Gasteiger partial charge in [0.25, 0.3) is 0 Å². The average molecular weight is 514 g/mol. The highest BCUT2D eigenvalue weighted by molar-refractivity contribution is 7.89. The third-order valence-corrected chi connectivity index (χ3v) is 7.59. The Morgan fingerprint density at radius 3 is 2.24 bits per heavy atom. The molecule has 33 heavy (non-hydrogen) atoms. The molecule has 0 aliphatic carbocycles. The number of sulfonamides is 1. The van der Waals surface area contributed by atoms with Crippen LogP contribution in [0.5, 0.6) is 0 Å². The predicted molar refractivity (Wildman–Crippen MR) is 131 cm³/mol. The van der Waals surface area contributed by atoms with Gasteiger partial charge in [-0.1, -0.05) is 42.3 Å². The third kappa shape index (κ3) is 7.43.